The highest BCUT2D eigenvalue weighted by atomic mass is 31.2. The maximum absolute atomic E-state index is 11.5. The summed E-state index contributed by atoms with van der Waals surface area (Å²) in [7, 11) is -20.7. The van der Waals surface area contributed by atoms with Gasteiger partial charge in [-0.15, -0.1) is 0 Å². The van der Waals surface area contributed by atoms with E-state index in [1.807, 2.05) is 0 Å². The average molecular weight is 502 g/mol. The Kier molecular flexibility index (Phi) is 7.19. The van der Waals surface area contributed by atoms with Crippen LogP contribution in [0.3, 0.4) is 0 Å². The van der Waals surface area contributed by atoms with Crippen LogP contribution in [0.15, 0.2) is 48.5 Å². The van der Waals surface area contributed by atoms with Gasteiger partial charge in [-0.3, -0.25) is 18.3 Å². The van der Waals surface area contributed by atoms with Crippen molar-refractivity contribution in [3.8, 4) is 11.1 Å². The Labute approximate surface area is 169 Å². The van der Waals surface area contributed by atoms with Crippen molar-refractivity contribution in [1.82, 2.24) is 0 Å². The minimum absolute atomic E-state index is 0.292. The summed E-state index contributed by atoms with van der Waals surface area (Å²) in [5, 5.41) is -4.65. The minimum atomic E-state index is -5.17. The molecule has 16 heteroatoms. The Morgan fingerprint density at radius 3 is 0.800 bits per heavy atom. The molecule has 0 unspecified atom stereocenters. The van der Waals surface area contributed by atoms with Gasteiger partial charge < -0.3 is 39.1 Å². The van der Waals surface area contributed by atoms with Gasteiger partial charge in [-0.1, -0.05) is 48.5 Å². The molecule has 30 heavy (non-hydrogen) atoms. The van der Waals surface area contributed by atoms with Gasteiger partial charge in [0.15, 0.2) is 10.8 Å². The largest absolute Gasteiger partial charge is 0.345 e. The minimum Gasteiger partial charge on any atom is -0.324 e. The van der Waals surface area contributed by atoms with Crippen LogP contribution in [0.5, 0.6) is 0 Å². The van der Waals surface area contributed by atoms with Crippen molar-refractivity contribution >= 4 is 30.4 Å². The van der Waals surface area contributed by atoms with E-state index in [2.05, 4.69) is 0 Å². The molecule has 2 rings (SSSR count). The molecule has 0 aliphatic carbocycles. The molecule has 0 radical (unpaired) electrons. The third-order valence-corrected chi connectivity index (χ3v) is 11.4. The number of rotatable bonds is 7. The first kappa shape index (κ1) is 25.3. The molecule has 166 valence electrons. The predicted octanol–water partition coefficient (Wildman–Crippen LogP) is 2.06. The highest BCUT2D eigenvalue weighted by Gasteiger charge is 2.45. The fraction of sp³-hybridized carbons (Fsp3) is 0.143. The molecule has 0 amide bonds. The summed E-state index contributed by atoms with van der Waals surface area (Å²) < 4.78 is 45.9. The van der Waals surface area contributed by atoms with Crippen LogP contribution in [-0.4, -0.2) is 39.1 Å². The first-order chi connectivity index (χ1) is 13.4. The van der Waals surface area contributed by atoms with Crippen LogP contribution in [0, 0.1) is 0 Å². The molecule has 0 fully saturated rings. The summed E-state index contributed by atoms with van der Waals surface area (Å²) >= 11 is 0. The second-order valence-electron chi connectivity index (χ2n) is 6.35. The van der Waals surface area contributed by atoms with E-state index in [9.17, 15) is 57.4 Å². The first-order valence-corrected chi connectivity index (χ1v) is 14.6. The van der Waals surface area contributed by atoms with E-state index in [1.165, 1.54) is 24.3 Å². The van der Waals surface area contributed by atoms with Crippen molar-refractivity contribution in [1.29, 1.82) is 0 Å². The Bertz CT molecular complexity index is 955. The van der Waals surface area contributed by atoms with E-state index in [1.54, 1.807) is 0 Å². The van der Waals surface area contributed by atoms with Crippen molar-refractivity contribution in [2.75, 3.05) is 0 Å². The predicted molar refractivity (Wildman–Crippen MR) is 106 cm³/mol. The molecule has 0 aliphatic heterocycles. The summed E-state index contributed by atoms with van der Waals surface area (Å²) in [6.45, 7) is 0. The lowest BCUT2D eigenvalue weighted by Crippen LogP contribution is -2.01. The molecule has 0 saturated heterocycles. The first-order valence-electron chi connectivity index (χ1n) is 7.83. The van der Waals surface area contributed by atoms with Crippen LogP contribution < -0.4 is 0 Å². The second-order valence-corrected chi connectivity index (χ2v) is 13.9. The van der Waals surface area contributed by atoms with E-state index < -0.39 is 41.2 Å². The van der Waals surface area contributed by atoms with Gasteiger partial charge in [0.1, 0.15) is 0 Å². The molecule has 2 aromatic rings. The summed E-state index contributed by atoms with van der Waals surface area (Å²) in [5.74, 6) is 0. The third kappa shape index (κ3) is 6.05. The average Bonchev–Trinajstić information content (AvgIpc) is 2.51. The number of benzene rings is 2. The summed E-state index contributed by atoms with van der Waals surface area (Å²) in [6, 6.07) is 9.69. The summed E-state index contributed by atoms with van der Waals surface area (Å²) in [6.07, 6.45) is 0. The zero-order valence-corrected chi connectivity index (χ0v) is 18.4. The van der Waals surface area contributed by atoms with Crippen LogP contribution in [0.4, 0.5) is 0 Å². The van der Waals surface area contributed by atoms with Gasteiger partial charge in [0, 0.05) is 0 Å². The quantitative estimate of drug-likeness (QED) is 0.254. The molecule has 0 bridgehead atoms. The molecule has 0 spiro atoms. The van der Waals surface area contributed by atoms with Gasteiger partial charge in [-0.2, -0.15) is 0 Å². The van der Waals surface area contributed by atoms with Crippen molar-refractivity contribution in [2.45, 2.75) is 10.8 Å². The maximum atomic E-state index is 11.5. The van der Waals surface area contributed by atoms with Crippen LogP contribution in [-0.2, 0) is 18.3 Å². The second kappa shape index (κ2) is 8.52. The van der Waals surface area contributed by atoms with Crippen LogP contribution in [0.25, 0.3) is 11.1 Å². The monoisotopic (exact) mass is 502 g/mol. The molecule has 8 N–H and O–H groups in total. The zero-order valence-electron chi connectivity index (χ0n) is 14.8. The molecule has 12 nitrogen and oxygen atoms in total. The van der Waals surface area contributed by atoms with Crippen molar-refractivity contribution < 1.29 is 57.4 Å². The summed E-state index contributed by atoms with van der Waals surface area (Å²) in [4.78, 5) is 74.1. The SMILES string of the molecule is O=P(O)(O)C(c1ccc(-c2ccc(C(P(=O)(O)O)P(=O)(O)O)cc2)cc1)P(=O)(O)O. The maximum Gasteiger partial charge on any atom is 0.345 e. The normalized spacial score (nSPS) is 13.8. The van der Waals surface area contributed by atoms with Crippen molar-refractivity contribution in [3.63, 3.8) is 0 Å². The Balaban J connectivity index is 2.41. The number of hydrogen-bond donors (Lipinski definition) is 8. The molecule has 0 atom stereocenters. The summed E-state index contributed by atoms with van der Waals surface area (Å²) in [5.41, 5.74) is 0.231. The molecular formula is C14H18O12P4. The van der Waals surface area contributed by atoms with Crippen LogP contribution >= 0.6 is 30.4 Å². The fourth-order valence-electron chi connectivity index (χ4n) is 2.86. The van der Waals surface area contributed by atoms with Gasteiger partial charge in [0.25, 0.3) is 0 Å². The highest BCUT2D eigenvalue weighted by Crippen LogP contribution is 2.70. The molecule has 0 saturated carbocycles. The molecular weight excluding hydrogens is 484 g/mol. The Morgan fingerprint density at radius 2 is 0.633 bits per heavy atom. The lowest BCUT2D eigenvalue weighted by Gasteiger charge is -2.21. The van der Waals surface area contributed by atoms with E-state index in [0.29, 0.717) is 11.1 Å². The van der Waals surface area contributed by atoms with E-state index in [4.69, 9.17) is 0 Å². The topological polar surface area (TPSA) is 230 Å². The van der Waals surface area contributed by atoms with Crippen LogP contribution in [0.1, 0.15) is 21.9 Å². The van der Waals surface area contributed by atoms with Crippen molar-refractivity contribution in [2.24, 2.45) is 0 Å². The molecule has 0 heterocycles. The lowest BCUT2D eigenvalue weighted by molar-refractivity contribution is 0.335. The van der Waals surface area contributed by atoms with Gasteiger partial charge in [-0.05, 0) is 22.3 Å². The van der Waals surface area contributed by atoms with E-state index in [-0.39, 0.29) is 11.1 Å². The smallest absolute Gasteiger partial charge is 0.324 e. The highest BCUT2D eigenvalue weighted by molar-refractivity contribution is 7.70. The third-order valence-electron chi connectivity index (χ3n) is 4.03. The van der Waals surface area contributed by atoms with Crippen LogP contribution in [0.2, 0.25) is 0 Å². The molecule has 0 aliphatic rings. The Morgan fingerprint density at radius 1 is 0.433 bits per heavy atom. The van der Waals surface area contributed by atoms with Gasteiger partial charge in [0.2, 0.25) is 0 Å². The lowest BCUT2D eigenvalue weighted by atomic mass is 10.0. The van der Waals surface area contributed by atoms with E-state index in [0.717, 1.165) is 24.3 Å². The van der Waals surface area contributed by atoms with E-state index >= 15 is 0 Å². The molecule has 2 aromatic carbocycles. The fourth-order valence-corrected chi connectivity index (χ4v) is 8.24. The number of hydrogen-bond acceptors (Lipinski definition) is 4. The van der Waals surface area contributed by atoms with Gasteiger partial charge in [-0.25, -0.2) is 0 Å². The zero-order chi connectivity index (χ0) is 23.1. The molecule has 0 aromatic heterocycles. The van der Waals surface area contributed by atoms with Gasteiger partial charge in [0.05, 0.1) is 0 Å². The van der Waals surface area contributed by atoms with Crippen molar-refractivity contribution in [3.05, 3.63) is 59.7 Å². The van der Waals surface area contributed by atoms with Gasteiger partial charge >= 0.3 is 30.4 Å². The Hall–Kier alpha value is -0.960. The standard InChI is InChI=1S/C14H18O12P4/c15-27(16,17)13(28(18,19)20)11-5-1-9(2-6-11)10-3-7-12(8-4-10)14(29(21,22)23)30(24,25)26/h1-8,13-14H,(H2,15,16,17)(H2,18,19,20)(H2,21,22,23)(H2,24,25,26).